The van der Waals surface area contributed by atoms with E-state index in [-0.39, 0.29) is 0 Å². The number of hydrogen-bond acceptors (Lipinski definition) is 1. The third-order valence-electron chi connectivity index (χ3n) is 15.6. The van der Waals surface area contributed by atoms with Crippen LogP contribution in [-0.4, -0.2) is 0 Å². The lowest BCUT2D eigenvalue weighted by molar-refractivity contribution is 0.793. The van der Waals surface area contributed by atoms with Crippen molar-refractivity contribution in [3.05, 3.63) is 320 Å². The maximum Gasteiger partial charge on any atom is 0.0726 e. The molecule has 0 N–H and O–H groups in total. The topological polar surface area (TPSA) is 3.24 Å². The average Bonchev–Trinajstić information content (AvgIpc) is 3.97. The highest BCUT2D eigenvalue weighted by molar-refractivity contribution is 6.01. The van der Waals surface area contributed by atoms with Crippen molar-refractivity contribution in [1.82, 2.24) is 0 Å². The molecule has 0 aromatic heterocycles. The Morgan fingerprint density at radius 1 is 0.203 bits per heavy atom. The number of fused-ring (bicyclic) bond motifs is 10. The van der Waals surface area contributed by atoms with Gasteiger partial charge in [-0.2, -0.15) is 0 Å². The van der Waals surface area contributed by atoms with Crippen molar-refractivity contribution in [3.63, 3.8) is 0 Å². The minimum Gasteiger partial charge on any atom is -0.310 e. The molecule has 74 heavy (non-hydrogen) atoms. The van der Waals surface area contributed by atoms with Crippen LogP contribution in [0.4, 0.5) is 17.1 Å². The molecule has 0 unspecified atom stereocenters. The first-order valence-corrected chi connectivity index (χ1v) is 25.7. The zero-order valence-corrected chi connectivity index (χ0v) is 40.7. The maximum absolute atomic E-state index is 2.50. The largest absolute Gasteiger partial charge is 0.310 e. The van der Waals surface area contributed by atoms with Crippen molar-refractivity contribution in [2.75, 3.05) is 4.90 Å². The normalized spacial score (nSPS) is 12.4. The zero-order chi connectivity index (χ0) is 49.0. The molecule has 12 aromatic carbocycles. The maximum atomic E-state index is 2.50. The standard InChI is InChI=1S/C73H49N/c1-4-21-50(22-5-1)51-39-41-54(42-40-51)59-28-15-19-38-71(59)74(57-47-48-65-64-31-14-18-37-69(64)73(70(65)49-57)67-35-16-12-29-62(67)63-30-13-17-36-68(63)73)56-45-43-55(44-46-56)61-34-20-33-60(53-25-8-3-9-26-53)72(61)66-32-11-10-27-58(66)52-23-6-2-7-24-52/h1-49H. The molecule has 2 aliphatic rings. The van der Waals surface area contributed by atoms with Crippen molar-refractivity contribution in [2.24, 2.45) is 0 Å². The molecule has 0 saturated carbocycles. The quantitative estimate of drug-likeness (QED) is 0.139. The van der Waals surface area contributed by atoms with E-state index in [1.165, 1.54) is 94.6 Å². The molecule has 0 atom stereocenters. The molecule has 2 aliphatic carbocycles. The summed E-state index contributed by atoms with van der Waals surface area (Å²) >= 11 is 0. The molecule has 0 aliphatic heterocycles. The highest BCUT2D eigenvalue weighted by atomic mass is 15.1. The molecule has 14 rings (SSSR count). The lowest BCUT2D eigenvalue weighted by Crippen LogP contribution is -2.26. The molecular formula is C73H49N. The highest BCUT2D eigenvalue weighted by Crippen LogP contribution is 2.63. The molecule has 0 bridgehead atoms. The van der Waals surface area contributed by atoms with Crippen molar-refractivity contribution in [1.29, 1.82) is 0 Å². The fraction of sp³-hybridized carbons (Fsp3) is 0.0137. The number of benzene rings is 12. The van der Waals surface area contributed by atoms with Gasteiger partial charge in [0.15, 0.2) is 0 Å². The number of nitrogens with zero attached hydrogens (tertiary/aromatic N) is 1. The number of hydrogen-bond donors (Lipinski definition) is 0. The summed E-state index contributed by atoms with van der Waals surface area (Å²) in [5.41, 5.74) is 27.5. The van der Waals surface area contributed by atoms with E-state index in [0.29, 0.717) is 0 Å². The summed E-state index contributed by atoms with van der Waals surface area (Å²) in [6.45, 7) is 0. The van der Waals surface area contributed by atoms with Crippen LogP contribution in [0.5, 0.6) is 0 Å². The Balaban J connectivity index is 0.971. The first-order valence-electron chi connectivity index (χ1n) is 25.7. The van der Waals surface area contributed by atoms with E-state index in [9.17, 15) is 0 Å². The molecule has 0 fully saturated rings. The number of rotatable bonds is 9. The van der Waals surface area contributed by atoms with Crippen LogP contribution >= 0.6 is 0 Å². The van der Waals surface area contributed by atoms with Gasteiger partial charge < -0.3 is 4.90 Å². The first-order chi connectivity index (χ1) is 36.7. The smallest absolute Gasteiger partial charge is 0.0726 e. The van der Waals surface area contributed by atoms with Gasteiger partial charge in [-0.25, -0.2) is 0 Å². The summed E-state index contributed by atoms with van der Waals surface area (Å²) in [6, 6.07) is 110. The molecule has 0 heterocycles. The van der Waals surface area contributed by atoms with Crippen molar-refractivity contribution in [3.8, 4) is 89.0 Å². The molecular weight excluding hydrogens is 891 g/mol. The lowest BCUT2D eigenvalue weighted by atomic mass is 9.70. The Labute approximate surface area is 433 Å². The van der Waals surface area contributed by atoms with E-state index >= 15 is 0 Å². The summed E-state index contributed by atoms with van der Waals surface area (Å²) in [6.07, 6.45) is 0. The Morgan fingerprint density at radius 2 is 0.554 bits per heavy atom. The summed E-state index contributed by atoms with van der Waals surface area (Å²) in [7, 11) is 0. The Hall–Kier alpha value is -9.56. The van der Waals surface area contributed by atoms with Gasteiger partial charge in [0.05, 0.1) is 11.1 Å². The van der Waals surface area contributed by atoms with Crippen LogP contribution in [-0.2, 0) is 5.41 Å². The SMILES string of the molecule is c1ccc(-c2ccc(-c3ccccc3N(c3ccc(-c4cccc(-c5ccccc5)c4-c4ccccc4-c4ccccc4)cc3)c3ccc4c(c3)C3(c5ccccc5-c5ccccc53)c3ccccc3-4)cc2)cc1. The van der Waals surface area contributed by atoms with Crippen LogP contribution < -0.4 is 4.90 Å². The monoisotopic (exact) mass is 939 g/mol. The summed E-state index contributed by atoms with van der Waals surface area (Å²) in [5.74, 6) is 0. The van der Waals surface area contributed by atoms with Gasteiger partial charge in [-0.1, -0.05) is 267 Å². The van der Waals surface area contributed by atoms with Gasteiger partial charge in [-0.15, -0.1) is 0 Å². The number of anilines is 3. The van der Waals surface area contributed by atoms with Crippen LogP contribution in [0.2, 0.25) is 0 Å². The summed E-state index contributed by atoms with van der Waals surface area (Å²) in [5, 5.41) is 0. The third kappa shape index (κ3) is 6.93. The predicted molar refractivity (Wildman–Crippen MR) is 310 cm³/mol. The van der Waals surface area contributed by atoms with Crippen LogP contribution in [0, 0.1) is 0 Å². The van der Waals surface area contributed by atoms with Crippen LogP contribution in [0.1, 0.15) is 22.3 Å². The third-order valence-corrected chi connectivity index (χ3v) is 15.6. The van der Waals surface area contributed by atoms with Crippen molar-refractivity contribution < 1.29 is 0 Å². The molecule has 1 heteroatoms. The number of para-hydroxylation sites is 1. The molecule has 1 spiro atoms. The zero-order valence-electron chi connectivity index (χ0n) is 40.7. The second-order valence-corrected chi connectivity index (χ2v) is 19.5. The van der Waals surface area contributed by atoms with Crippen molar-refractivity contribution >= 4 is 17.1 Å². The summed E-state index contributed by atoms with van der Waals surface area (Å²) < 4.78 is 0. The Kier molecular flexibility index (Phi) is 10.5. The van der Waals surface area contributed by atoms with Gasteiger partial charge in [-0.3, -0.25) is 0 Å². The van der Waals surface area contributed by atoms with Gasteiger partial charge >= 0.3 is 0 Å². The Morgan fingerprint density at radius 3 is 1.12 bits per heavy atom. The average molecular weight is 940 g/mol. The minimum atomic E-state index is -0.479. The highest BCUT2D eigenvalue weighted by Gasteiger charge is 2.51. The summed E-state index contributed by atoms with van der Waals surface area (Å²) in [4.78, 5) is 2.49. The van der Waals surface area contributed by atoms with Gasteiger partial charge in [0.25, 0.3) is 0 Å². The fourth-order valence-corrected chi connectivity index (χ4v) is 12.3. The molecule has 346 valence electrons. The van der Waals surface area contributed by atoms with E-state index in [1.54, 1.807) is 0 Å². The fourth-order valence-electron chi connectivity index (χ4n) is 12.3. The molecule has 0 radical (unpaired) electrons. The van der Waals surface area contributed by atoms with Gasteiger partial charge in [0.1, 0.15) is 0 Å². The van der Waals surface area contributed by atoms with E-state index in [0.717, 1.165) is 33.8 Å². The minimum absolute atomic E-state index is 0.479. The first kappa shape index (κ1) is 43.2. The van der Waals surface area contributed by atoms with Crippen LogP contribution in [0.3, 0.4) is 0 Å². The lowest BCUT2D eigenvalue weighted by Gasteiger charge is -2.32. The van der Waals surface area contributed by atoms with E-state index in [1.807, 2.05) is 0 Å². The van der Waals surface area contributed by atoms with Gasteiger partial charge in [-0.05, 0) is 136 Å². The molecule has 0 amide bonds. The molecule has 12 aromatic rings. The van der Waals surface area contributed by atoms with E-state index < -0.39 is 5.41 Å². The van der Waals surface area contributed by atoms with Crippen LogP contribution in [0.25, 0.3) is 89.0 Å². The van der Waals surface area contributed by atoms with E-state index in [2.05, 4.69) is 302 Å². The van der Waals surface area contributed by atoms with Gasteiger partial charge in [0, 0.05) is 16.9 Å². The molecule has 1 nitrogen and oxygen atoms in total. The van der Waals surface area contributed by atoms with E-state index in [4.69, 9.17) is 0 Å². The van der Waals surface area contributed by atoms with Gasteiger partial charge in [0.2, 0.25) is 0 Å². The molecule has 0 saturated heterocycles. The Bertz CT molecular complexity index is 3980. The van der Waals surface area contributed by atoms with Crippen molar-refractivity contribution in [2.45, 2.75) is 5.41 Å². The van der Waals surface area contributed by atoms with Crippen LogP contribution in [0.15, 0.2) is 297 Å². The predicted octanol–water partition coefficient (Wildman–Crippen LogP) is 19.5. The second kappa shape index (κ2) is 17.9. The second-order valence-electron chi connectivity index (χ2n) is 19.5.